The van der Waals surface area contributed by atoms with Crippen LogP contribution in [0.4, 0.5) is 0 Å². The molecule has 0 aromatic heterocycles. The molecule has 1 aliphatic heterocycles. The molecule has 1 heterocycles. The van der Waals surface area contributed by atoms with Crippen LogP contribution in [0.15, 0.2) is 30.3 Å². The molecular formula is C18H27NO. The van der Waals surface area contributed by atoms with E-state index in [9.17, 15) is 5.11 Å². The van der Waals surface area contributed by atoms with Gasteiger partial charge in [0.1, 0.15) is 0 Å². The lowest BCUT2D eigenvalue weighted by molar-refractivity contribution is -0.0355. The van der Waals surface area contributed by atoms with Crippen molar-refractivity contribution < 1.29 is 5.11 Å². The molecule has 1 unspecified atom stereocenters. The molecule has 0 bridgehead atoms. The van der Waals surface area contributed by atoms with Gasteiger partial charge in [-0.3, -0.25) is 0 Å². The van der Waals surface area contributed by atoms with E-state index in [0.29, 0.717) is 12.0 Å². The third kappa shape index (κ3) is 3.07. The van der Waals surface area contributed by atoms with Crippen molar-refractivity contribution in [1.82, 2.24) is 5.32 Å². The average molecular weight is 273 g/mol. The van der Waals surface area contributed by atoms with Gasteiger partial charge in [-0.05, 0) is 56.6 Å². The summed E-state index contributed by atoms with van der Waals surface area (Å²) in [7, 11) is 0. The Morgan fingerprint density at radius 3 is 2.45 bits per heavy atom. The smallest absolute Gasteiger partial charge is 0.0800 e. The maximum Gasteiger partial charge on any atom is 0.0800 e. The average Bonchev–Trinajstić information content (AvgIpc) is 2.79. The van der Waals surface area contributed by atoms with Gasteiger partial charge < -0.3 is 10.4 Å². The molecule has 110 valence electrons. The van der Waals surface area contributed by atoms with Crippen molar-refractivity contribution in [2.24, 2.45) is 0 Å². The van der Waals surface area contributed by atoms with Crippen molar-refractivity contribution in [2.75, 3.05) is 6.54 Å². The lowest BCUT2D eigenvalue weighted by Gasteiger charge is -2.42. The second-order valence-corrected chi connectivity index (χ2v) is 6.64. The first kappa shape index (κ1) is 14.1. The first-order valence-corrected chi connectivity index (χ1v) is 8.29. The van der Waals surface area contributed by atoms with Gasteiger partial charge in [-0.1, -0.05) is 43.2 Å². The predicted octanol–water partition coefficient (Wildman–Crippen LogP) is 3.61. The number of hydrogen-bond acceptors (Lipinski definition) is 2. The fraction of sp³-hybridized carbons (Fsp3) is 0.667. The molecule has 1 aromatic rings. The normalized spacial score (nSPS) is 35.5. The van der Waals surface area contributed by atoms with Gasteiger partial charge in [-0.15, -0.1) is 0 Å². The number of hydrogen-bond donors (Lipinski definition) is 2. The highest BCUT2D eigenvalue weighted by atomic mass is 16.3. The van der Waals surface area contributed by atoms with Crippen LogP contribution in [0.2, 0.25) is 0 Å². The van der Waals surface area contributed by atoms with Crippen LogP contribution >= 0.6 is 0 Å². The Kier molecular flexibility index (Phi) is 4.42. The van der Waals surface area contributed by atoms with Gasteiger partial charge in [0.15, 0.2) is 0 Å². The molecule has 3 rings (SSSR count). The molecule has 1 aromatic carbocycles. The Balaban J connectivity index is 1.62. The van der Waals surface area contributed by atoms with E-state index in [0.717, 1.165) is 38.6 Å². The van der Waals surface area contributed by atoms with Crippen LogP contribution in [0.5, 0.6) is 0 Å². The molecule has 1 aliphatic carbocycles. The second-order valence-electron chi connectivity index (χ2n) is 6.64. The topological polar surface area (TPSA) is 32.3 Å². The summed E-state index contributed by atoms with van der Waals surface area (Å²) in [5.41, 5.74) is 0.985. The lowest BCUT2D eigenvalue weighted by Crippen LogP contribution is -2.52. The molecular weight excluding hydrogens is 246 g/mol. The molecule has 2 N–H and O–H groups in total. The Hall–Kier alpha value is -0.860. The lowest BCUT2D eigenvalue weighted by atomic mass is 9.72. The van der Waals surface area contributed by atoms with Crippen molar-refractivity contribution in [3.63, 3.8) is 0 Å². The maximum absolute atomic E-state index is 11.0. The van der Waals surface area contributed by atoms with E-state index >= 15 is 0 Å². The van der Waals surface area contributed by atoms with Gasteiger partial charge >= 0.3 is 0 Å². The van der Waals surface area contributed by atoms with Gasteiger partial charge in [0.2, 0.25) is 0 Å². The number of benzene rings is 1. The van der Waals surface area contributed by atoms with Crippen molar-refractivity contribution >= 4 is 0 Å². The van der Waals surface area contributed by atoms with Crippen molar-refractivity contribution in [3.8, 4) is 0 Å². The predicted molar refractivity (Wildman–Crippen MR) is 82.9 cm³/mol. The fourth-order valence-corrected chi connectivity index (χ4v) is 4.01. The maximum atomic E-state index is 11.0. The Bertz CT molecular complexity index is 401. The van der Waals surface area contributed by atoms with E-state index in [2.05, 4.69) is 35.6 Å². The summed E-state index contributed by atoms with van der Waals surface area (Å²) in [4.78, 5) is 0. The Labute approximate surface area is 122 Å². The molecule has 2 fully saturated rings. The Morgan fingerprint density at radius 1 is 0.950 bits per heavy atom. The molecule has 0 amide bonds. The quantitative estimate of drug-likeness (QED) is 0.863. The molecule has 1 saturated carbocycles. The zero-order valence-electron chi connectivity index (χ0n) is 12.4. The van der Waals surface area contributed by atoms with Crippen LogP contribution in [-0.4, -0.2) is 23.3 Å². The molecule has 0 radical (unpaired) electrons. The molecule has 1 saturated heterocycles. The molecule has 0 spiro atoms. The molecule has 20 heavy (non-hydrogen) atoms. The highest BCUT2D eigenvalue weighted by molar-refractivity contribution is 5.20. The van der Waals surface area contributed by atoms with Crippen LogP contribution in [0.25, 0.3) is 0 Å². The van der Waals surface area contributed by atoms with Crippen molar-refractivity contribution in [3.05, 3.63) is 35.9 Å². The third-order valence-corrected chi connectivity index (χ3v) is 5.33. The Morgan fingerprint density at radius 2 is 1.70 bits per heavy atom. The van der Waals surface area contributed by atoms with Gasteiger partial charge in [-0.25, -0.2) is 0 Å². The number of nitrogens with one attached hydrogen (secondary N) is 1. The first-order chi connectivity index (χ1) is 9.78. The summed E-state index contributed by atoms with van der Waals surface area (Å²) in [5, 5.41) is 14.6. The summed E-state index contributed by atoms with van der Waals surface area (Å²) in [6.45, 7) is 1.08. The van der Waals surface area contributed by atoms with E-state index in [4.69, 9.17) is 0 Å². The highest BCUT2D eigenvalue weighted by Crippen LogP contribution is 2.40. The summed E-state index contributed by atoms with van der Waals surface area (Å²) in [5.74, 6) is 0.641. The van der Waals surface area contributed by atoms with Crippen LogP contribution in [0.1, 0.15) is 62.8 Å². The van der Waals surface area contributed by atoms with E-state index in [-0.39, 0.29) is 0 Å². The van der Waals surface area contributed by atoms with Crippen molar-refractivity contribution in [1.29, 1.82) is 0 Å². The van der Waals surface area contributed by atoms with Crippen LogP contribution in [0.3, 0.4) is 0 Å². The van der Waals surface area contributed by atoms with E-state index in [1.165, 1.54) is 24.8 Å². The largest absolute Gasteiger partial charge is 0.388 e. The van der Waals surface area contributed by atoms with Crippen LogP contribution in [0, 0.1) is 0 Å². The zero-order chi connectivity index (χ0) is 13.8. The van der Waals surface area contributed by atoms with E-state index in [1.54, 1.807) is 0 Å². The van der Waals surface area contributed by atoms with Gasteiger partial charge in [-0.2, -0.15) is 0 Å². The molecule has 1 atom stereocenters. The summed E-state index contributed by atoms with van der Waals surface area (Å²) in [6.07, 6.45) is 9.13. The number of aliphatic hydroxyl groups is 1. The molecule has 2 heteroatoms. The third-order valence-electron chi connectivity index (χ3n) is 5.33. The zero-order valence-corrected chi connectivity index (χ0v) is 12.4. The molecule has 2 aliphatic rings. The van der Waals surface area contributed by atoms with Crippen LogP contribution in [-0.2, 0) is 0 Å². The van der Waals surface area contributed by atoms with E-state index in [1.807, 2.05) is 0 Å². The first-order valence-electron chi connectivity index (χ1n) is 8.29. The minimum absolute atomic E-state index is 0.321. The summed E-state index contributed by atoms with van der Waals surface area (Å²) < 4.78 is 0. The summed E-state index contributed by atoms with van der Waals surface area (Å²) in [6, 6.07) is 11.1. The monoisotopic (exact) mass is 273 g/mol. The number of rotatable bonds is 2. The minimum Gasteiger partial charge on any atom is -0.388 e. The highest BCUT2D eigenvalue weighted by Gasteiger charge is 2.40. The van der Waals surface area contributed by atoms with Crippen molar-refractivity contribution in [2.45, 2.75) is 68.9 Å². The SMILES string of the molecule is OC1(C2CCCCCN2)CCC(c2ccccc2)CC1. The fourth-order valence-electron chi connectivity index (χ4n) is 4.01. The van der Waals surface area contributed by atoms with E-state index < -0.39 is 5.60 Å². The second kappa shape index (κ2) is 6.28. The minimum atomic E-state index is -0.463. The van der Waals surface area contributed by atoms with Crippen LogP contribution < -0.4 is 5.32 Å². The van der Waals surface area contributed by atoms with Gasteiger partial charge in [0.25, 0.3) is 0 Å². The summed E-state index contributed by atoms with van der Waals surface area (Å²) >= 11 is 0. The standard InChI is InChI=1S/C18H27NO/c20-18(17-9-5-2-6-14-19-17)12-10-16(11-13-18)15-7-3-1-4-8-15/h1,3-4,7-8,16-17,19-20H,2,5-6,9-14H2. The van der Waals surface area contributed by atoms with Gasteiger partial charge in [0, 0.05) is 6.04 Å². The molecule has 2 nitrogen and oxygen atoms in total. The van der Waals surface area contributed by atoms with Gasteiger partial charge in [0.05, 0.1) is 5.60 Å².